The van der Waals surface area contributed by atoms with Crippen LogP contribution in [0.15, 0.2) is 109 Å². The van der Waals surface area contributed by atoms with Crippen molar-refractivity contribution in [2.24, 2.45) is 11.5 Å². The van der Waals surface area contributed by atoms with E-state index in [1.807, 2.05) is 24.3 Å². The monoisotopic (exact) mass is 836 g/mol. The lowest BCUT2D eigenvalue weighted by atomic mass is 10.0. The SMILES string of the molecule is N#Cc1cccc(CN2C(=O)CCC2C(=O)NC(Cc2ccccc2)C(=O)C(N)=O)c1.N#Cc1cccc(CN2C(=O)CC[C@@H]2C(=O)NC(Cc2ccccc2)C(=O)C(N)=O)c1. The quantitative estimate of drug-likeness (QED) is 0.119. The van der Waals surface area contributed by atoms with E-state index in [2.05, 4.69) is 10.6 Å². The van der Waals surface area contributed by atoms with Gasteiger partial charge in [-0.05, 0) is 59.4 Å². The molecule has 0 spiro atoms. The second-order valence-corrected chi connectivity index (χ2v) is 14.7. The van der Waals surface area contributed by atoms with Crippen LogP contribution in [0.3, 0.4) is 0 Å². The number of benzene rings is 4. The number of nitriles is 2. The van der Waals surface area contributed by atoms with Crippen molar-refractivity contribution in [3.63, 3.8) is 0 Å². The van der Waals surface area contributed by atoms with Crippen LogP contribution in [-0.2, 0) is 64.3 Å². The van der Waals surface area contributed by atoms with Gasteiger partial charge < -0.3 is 31.9 Å². The van der Waals surface area contributed by atoms with Gasteiger partial charge in [-0.2, -0.15) is 10.5 Å². The van der Waals surface area contributed by atoms with E-state index in [0.717, 1.165) is 22.3 Å². The molecule has 6 N–H and O–H groups in total. The number of hydrogen-bond donors (Lipinski definition) is 4. The molecule has 6 amide bonds. The highest BCUT2D eigenvalue weighted by atomic mass is 16.2. The van der Waals surface area contributed by atoms with Gasteiger partial charge in [-0.3, -0.25) is 38.4 Å². The van der Waals surface area contributed by atoms with Crippen molar-refractivity contribution in [1.29, 1.82) is 10.5 Å². The Kier molecular flexibility index (Phi) is 15.5. The van der Waals surface area contributed by atoms with Gasteiger partial charge in [0.15, 0.2) is 0 Å². The van der Waals surface area contributed by atoms with E-state index in [1.165, 1.54) is 9.80 Å². The molecule has 0 radical (unpaired) electrons. The Morgan fingerprint density at radius 3 is 1.26 bits per heavy atom. The summed E-state index contributed by atoms with van der Waals surface area (Å²) < 4.78 is 0. The molecule has 2 saturated heterocycles. The average Bonchev–Trinajstić information content (AvgIpc) is 3.83. The molecule has 0 saturated carbocycles. The highest BCUT2D eigenvalue weighted by Crippen LogP contribution is 2.24. The smallest absolute Gasteiger partial charge is 0.287 e. The molecule has 316 valence electrons. The fourth-order valence-corrected chi connectivity index (χ4v) is 7.28. The minimum atomic E-state index is -1.13. The molecule has 0 aromatic heterocycles. The zero-order chi connectivity index (χ0) is 44.8. The lowest BCUT2D eigenvalue weighted by Gasteiger charge is -2.26. The van der Waals surface area contributed by atoms with Crippen molar-refractivity contribution in [2.75, 3.05) is 0 Å². The molecule has 16 heteroatoms. The summed E-state index contributed by atoms with van der Waals surface area (Å²) in [5.41, 5.74) is 14.2. The fraction of sp³-hybridized carbons (Fsp3) is 0.261. The van der Waals surface area contributed by atoms with Crippen LogP contribution in [0, 0.1) is 22.7 Å². The maximum atomic E-state index is 13.0. The van der Waals surface area contributed by atoms with Gasteiger partial charge in [-0.25, -0.2) is 0 Å². The number of carbonyl (C=O) groups is 8. The Hall–Kier alpha value is -7.98. The highest BCUT2D eigenvalue weighted by Gasteiger charge is 2.39. The van der Waals surface area contributed by atoms with E-state index in [0.29, 0.717) is 24.0 Å². The number of nitrogens with one attached hydrogen (secondary N) is 2. The van der Waals surface area contributed by atoms with Crippen LogP contribution >= 0.6 is 0 Å². The van der Waals surface area contributed by atoms with Crippen molar-refractivity contribution in [1.82, 2.24) is 20.4 Å². The van der Waals surface area contributed by atoms with Crippen molar-refractivity contribution in [2.45, 2.75) is 75.8 Å². The zero-order valence-electron chi connectivity index (χ0n) is 33.6. The number of rotatable bonds is 16. The lowest BCUT2D eigenvalue weighted by molar-refractivity contribution is -0.140. The molecule has 4 aromatic rings. The van der Waals surface area contributed by atoms with Crippen LogP contribution in [0.2, 0.25) is 0 Å². The third-order valence-electron chi connectivity index (χ3n) is 10.4. The molecule has 0 aliphatic carbocycles. The summed E-state index contributed by atoms with van der Waals surface area (Å²) in [7, 11) is 0. The first kappa shape index (κ1) is 45.1. The zero-order valence-corrected chi connectivity index (χ0v) is 33.6. The standard InChI is InChI=1S/2C23H22N4O4/c2*24-13-16-7-4-8-17(11-16)14-27-19(9-10-20(27)28)23(31)26-18(21(29)22(25)30)12-15-5-2-1-3-6-15/h2*1-8,11,18-19H,9-10,12,14H2,(H2,25,30)(H,26,31)/t18?,19-;/m1./s1. The summed E-state index contributed by atoms with van der Waals surface area (Å²) in [5.74, 6) is -5.46. The summed E-state index contributed by atoms with van der Waals surface area (Å²) in [6, 6.07) is 31.8. The van der Waals surface area contributed by atoms with Gasteiger partial charge >= 0.3 is 0 Å². The number of hydrogen-bond acceptors (Lipinski definition) is 10. The summed E-state index contributed by atoms with van der Waals surface area (Å²) >= 11 is 0. The predicted molar refractivity (Wildman–Crippen MR) is 222 cm³/mol. The van der Waals surface area contributed by atoms with Crippen LogP contribution in [0.5, 0.6) is 0 Å². The van der Waals surface area contributed by atoms with E-state index in [-0.39, 0.29) is 50.6 Å². The largest absolute Gasteiger partial charge is 0.363 e. The van der Waals surface area contributed by atoms with Crippen LogP contribution in [0.25, 0.3) is 0 Å². The Labute approximate surface area is 357 Å². The minimum Gasteiger partial charge on any atom is -0.363 e. The molecule has 0 bridgehead atoms. The van der Waals surface area contributed by atoms with Gasteiger partial charge in [-0.1, -0.05) is 84.9 Å². The van der Waals surface area contributed by atoms with E-state index < -0.39 is 59.4 Å². The number of likely N-dealkylation sites (tertiary alicyclic amines) is 2. The normalized spacial score (nSPS) is 16.4. The Bertz CT molecular complexity index is 2260. The molecule has 4 atom stereocenters. The summed E-state index contributed by atoms with van der Waals surface area (Å²) in [6.45, 7) is 0.332. The van der Waals surface area contributed by atoms with Gasteiger partial charge in [0, 0.05) is 38.8 Å². The number of carbonyl (C=O) groups excluding carboxylic acids is 8. The average molecular weight is 837 g/mol. The molecule has 6 rings (SSSR count). The number of Topliss-reactive ketones (excluding diaryl/α,β-unsaturated/α-hetero) is 2. The number of ketones is 2. The second kappa shape index (κ2) is 21.3. The van der Waals surface area contributed by atoms with Crippen molar-refractivity contribution in [3.05, 3.63) is 143 Å². The first-order chi connectivity index (χ1) is 29.8. The van der Waals surface area contributed by atoms with Gasteiger partial charge in [-0.15, -0.1) is 0 Å². The third-order valence-corrected chi connectivity index (χ3v) is 10.4. The van der Waals surface area contributed by atoms with Gasteiger partial charge in [0.2, 0.25) is 35.2 Å². The molecule has 2 aliphatic heterocycles. The van der Waals surface area contributed by atoms with E-state index in [1.54, 1.807) is 97.1 Å². The summed E-state index contributed by atoms with van der Waals surface area (Å²) in [6.07, 6.45) is 1.21. The van der Waals surface area contributed by atoms with E-state index >= 15 is 0 Å². The lowest BCUT2D eigenvalue weighted by Crippen LogP contribution is -2.53. The molecule has 2 heterocycles. The Morgan fingerprint density at radius 2 is 0.919 bits per heavy atom. The first-order valence-electron chi connectivity index (χ1n) is 19.7. The molecule has 2 fully saturated rings. The van der Waals surface area contributed by atoms with Crippen LogP contribution in [-0.4, -0.2) is 81.0 Å². The number of amides is 6. The molecular formula is C46H44N8O8. The van der Waals surface area contributed by atoms with E-state index in [9.17, 15) is 38.4 Å². The number of primary amides is 2. The van der Waals surface area contributed by atoms with Crippen LogP contribution < -0.4 is 22.1 Å². The van der Waals surface area contributed by atoms with Gasteiger partial charge in [0.25, 0.3) is 11.8 Å². The van der Waals surface area contributed by atoms with Crippen molar-refractivity contribution >= 4 is 47.0 Å². The minimum absolute atomic E-state index is 0.110. The molecule has 16 nitrogen and oxygen atoms in total. The summed E-state index contributed by atoms with van der Waals surface area (Å²) in [4.78, 5) is 101. The maximum absolute atomic E-state index is 13.0. The Balaban J connectivity index is 0.000000234. The van der Waals surface area contributed by atoms with Crippen molar-refractivity contribution in [3.8, 4) is 12.1 Å². The molecular weight excluding hydrogens is 793 g/mol. The predicted octanol–water partition coefficient (Wildman–Crippen LogP) is 1.66. The molecule has 3 unspecified atom stereocenters. The van der Waals surface area contributed by atoms with Crippen LogP contribution in [0.1, 0.15) is 59.1 Å². The second-order valence-electron chi connectivity index (χ2n) is 14.7. The number of nitrogens with two attached hydrogens (primary N) is 2. The fourth-order valence-electron chi connectivity index (χ4n) is 7.28. The van der Waals surface area contributed by atoms with Gasteiger partial charge in [0.05, 0.1) is 23.3 Å². The molecule has 4 aromatic carbocycles. The Morgan fingerprint density at radius 1 is 0.565 bits per heavy atom. The van der Waals surface area contributed by atoms with Gasteiger partial charge in [0.1, 0.15) is 24.2 Å². The highest BCUT2D eigenvalue weighted by molar-refractivity contribution is 6.38. The first-order valence-corrected chi connectivity index (χ1v) is 19.7. The van der Waals surface area contributed by atoms with Crippen molar-refractivity contribution < 1.29 is 38.4 Å². The third kappa shape index (κ3) is 12.0. The number of nitrogens with zero attached hydrogens (tertiary/aromatic N) is 4. The maximum Gasteiger partial charge on any atom is 0.287 e. The van der Waals surface area contributed by atoms with Crippen LogP contribution in [0.4, 0.5) is 0 Å². The molecule has 2 aliphatic rings. The molecule has 62 heavy (non-hydrogen) atoms. The van der Waals surface area contributed by atoms with E-state index in [4.69, 9.17) is 22.0 Å². The summed E-state index contributed by atoms with van der Waals surface area (Å²) in [5, 5.41) is 23.4. The topological polar surface area (TPSA) is 267 Å².